The van der Waals surface area contributed by atoms with Crippen molar-refractivity contribution in [2.75, 3.05) is 0 Å². The van der Waals surface area contributed by atoms with Gasteiger partial charge >= 0.3 is 0 Å². The minimum absolute atomic E-state index is 0.120. The zero-order valence-electron chi connectivity index (χ0n) is 8.26. The van der Waals surface area contributed by atoms with E-state index in [1.807, 2.05) is 26.8 Å². The summed E-state index contributed by atoms with van der Waals surface area (Å²) >= 11 is 0. The topological polar surface area (TPSA) is 44.5 Å². The molecule has 1 atom stereocenters. The van der Waals surface area contributed by atoms with Crippen molar-refractivity contribution >= 4 is 0 Å². The van der Waals surface area contributed by atoms with E-state index >= 15 is 0 Å². The van der Waals surface area contributed by atoms with Crippen LogP contribution in [0.3, 0.4) is 0 Å². The predicted molar refractivity (Wildman–Crippen MR) is 51.4 cm³/mol. The van der Waals surface area contributed by atoms with Crippen molar-refractivity contribution in [1.29, 1.82) is 0 Å². The molecule has 1 aliphatic rings. The lowest BCUT2D eigenvalue weighted by atomic mass is 10.0. The Hall–Kier alpha value is -1.22. The van der Waals surface area contributed by atoms with Gasteiger partial charge in [-0.1, -0.05) is 6.58 Å². The Kier molecular flexibility index (Phi) is 2.78. The Morgan fingerprint density at radius 1 is 1.62 bits per heavy atom. The molecule has 0 radical (unpaired) electrons. The van der Waals surface area contributed by atoms with E-state index in [1.165, 1.54) is 0 Å². The maximum Gasteiger partial charge on any atom is 0.150 e. The van der Waals surface area contributed by atoms with Crippen LogP contribution in [0.15, 0.2) is 35.3 Å². The molecule has 1 rings (SSSR count). The van der Waals surface area contributed by atoms with Gasteiger partial charge in [0.1, 0.15) is 17.6 Å². The Balaban J connectivity index is 2.97. The van der Waals surface area contributed by atoms with Gasteiger partial charge < -0.3 is 9.57 Å². The second-order valence-electron chi connectivity index (χ2n) is 3.16. The zero-order valence-corrected chi connectivity index (χ0v) is 8.26. The van der Waals surface area contributed by atoms with E-state index in [1.54, 1.807) is 0 Å². The molecule has 3 nitrogen and oxygen atoms in total. The minimum atomic E-state index is 0.120. The van der Waals surface area contributed by atoms with Gasteiger partial charge in [-0.15, -0.1) is 0 Å². The van der Waals surface area contributed by atoms with E-state index in [0.29, 0.717) is 5.76 Å². The van der Waals surface area contributed by atoms with Gasteiger partial charge in [0.2, 0.25) is 0 Å². The van der Waals surface area contributed by atoms with Crippen LogP contribution >= 0.6 is 0 Å². The summed E-state index contributed by atoms with van der Waals surface area (Å²) in [7, 11) is 0. The molecule has 2 N–H and O–H groups in total. The van der Waals surface area contributed by atoms with Crippen LogP contribution in [-0.4, -0.2) is 6.10 Å². The lowest BCUT2D eigenvalue weighted by Crippen LogP contribution is -2.15. The van der Waals surface area contributed by atoms with Crippen molar-refractivity contribution in [2.45, 2.75) is 26.9 Å². The van der Waals surface area contributed by atoms with Gasteiger partial charge in [0.05, 0.1) is 5.57 Å². The van der Waals surface area contributed by atoms with Crippen LogP contribution < -0.4 is 5.90 Å². The summed E-state index contributed by atoms with van der Waals surface area (Å²) < 4.78 is 5.55. The number of ether oxygens (including phenoxy) is 1. The molecule has 72 valence electrons. The first kappa shape index (κ1) is 9.86. The first-order valence-corrected chi connectivity index (χ1v) is 4.18. The molecule has 0 aromatic heterocycles. The van der Waals surface area contributed by atoms with Crippen LogP contribution in [0.25, 0.3) is 0 Å². The largest absolute Gasteiger partial charge is 0.490 e. The number of hydrogen-bond acceptors (Lipinski definition) is 3. The third-order valence-corrected chi connectivity index (χ3v) is 2.19. The lowest BCUT2D eigenvalue weighted by molar-refractivity contribution is 0.149. The van der Waals surface area contributed by atoms with E-state index in [0.717, 1.165) is 16.9 Å². The summed E-state index contributed by atoms with van der Waals surface area (Å²) in [6, 6.07) is 0. The lowest BCUT2D eigenvalue weighted by Gasteiger charge is -2.23. The average molecular weight is 181 g/mol. The molecule has 0 aromatic rings. The zero-order chi connectivity index (χ0) is 10.0. The highest BCUT2D eigenvalue weighted by Gasteiger charge is 2.17. The van der Waals surface area contributed by atoms with Crippen molar-refractivity contribution < 1.29 is 9.57 Å². The third-order valence-electron chi connectivity index (χ3n) is 2.19. The van der Waals surface area contributed by atoms with Crippen molar-refractivity contribution in [3.63, 3.8) is 0 Å². The number of allylic oxidation sites excluding steroid dienone is 2. The van der Waals surface area contributed by atoms with Gasteiger partial charge in [-0.2, -0.15) is 5.90 Å². The van der Waals surface area contributed by atoms with Crippen molar-refractivity contribution in [3.05, 3.63) is 35.3 Å². The Morgan fingerprint density at radius 3 is 2.77 bits per heavy atom. The second-order valence-corrected chi connectivity index (χ2v) is 3.16. The molecule has 0 fully saturated rings. The summed E-state index contributed by atoms with van der Waals surface area (Å²) in [6.45, 7) is 9.55. The summed E-state index contributed by atoms with van der Waals surface area (Å²) in [6.07, 6.45) is 2.10. The Morgan fingerprint density at radius 2 is 2.23 bits per heavy atom. The molecule has 0 saturated carbocycles. The highest BCUT2D eigenvalue weighted by Crippen LogP contribution is 2.26. The Bertz CT molecular complexity index is 289. The van der Waals surface area contributed by atoms with Crippen LogP contribution in [0.2, 0.25) is 0 Å². The molecule has 1 unspecified atom stereocenters. The number of nitrogens with two attached hydrogens (primary N) is 1. The maximum atomic E-state index is 5.55. The predicted octanol–water partition coefficient (Wildman–Crippen LogP) is 2.03. The molecule has 0 amide bonds. The quantitative estimate of drug-likeness (QED) is 0.523. The SMILES string of the molecule is C=C(ON)C1=C(C)OC(C)C(C)=C1. The molecule has 13 heavy (non-hydrogen) atoms. The normalized spacial score (nSPS) is 22.2. The van der Waals surface area contributed by atoms with Crippen LogP contribution in [0.1, 0.15) is 20.8 Å². The standard InChI is InChI=1S/C10H15NO2/c1-6-5-10(9(4)13-11)8(3)12-7(6)2/h5,7H,4,11H2,1-3H3. The molecule has 3 heteroatoms. The second kappa shape index (κ2) is 3.66. The molecule has 0 aromatic carbocycles. The Labute approximate surface area is 78.5 Å². The van der Waals surface area contributed by atoms with E-state index in [2.05, 4.69) is 11.4 Å². The van der Waals surface area contributed by atoms with Gasteiger partial charge in [0.25, 0.3) is 0 Å². The van der Waals surface area contributed by atoms with E-state index in [4.69, 9.17) is 10.6 Å². The first-order valence-electron chi connectivity index (χ1n) is 4.18. The van der Waals surface area contributed by atoms with E-state index in [9.17, 15) is 0 Å². The number of hydrogen-bond donors (Lipinski definition) is 1. The maximum absolute atomic E-state index is 5.55. The highest BCUT2D eigenvalue weighted by atomic mass is 16.6. The summed E-state index contributed by atoms with van der Waals surface area (Å²) in [5.41, 5.74) is 1.97. The molecule has 0 bridgehead atoms. The molecule has 1 aliphatic heterocycles. The van der Waals surface area contributed by atoms with Gasteiger partial charge in [0, 0.05) is 0 Å². The molecule has 0 aliphatic carbocycles. The van der Waals surface area contributed by atoms with Crippen molar-refractivity contribution in [1.82, 2.24) is 0 Å². The number of rotatable bonds is 2. The molecular weight excluding hydrogens is 166 g/mol. The average Bonchev–Trinajstić information content (AvgIpc) is 2.10. The minimum Gasteiger partial charge on any atom is -0.490 e. The monoisotopic (exact) mass is 181 g/mol. The molecular formula is C10H15NO2. The van der Waals surface area contributed by atoms with Gasteiger partial charge in [-0.3, -0.25) is 0 Å². The van der Waals surface area contributed by atoms with Crippen molar-refractivity contribution in [2.24, 2.45) is 5.90 Å². The van der Waals surface area contributed by atoms with E-state index < -0.39 is 0 Å². The highest BCUT2D eigenvalue weighted by molar-refractivity contribution is 5.41. The van der Waals surface area contributed by atoms with Crippen LogP contribution in [0.4, 0.5) is 0 Å². The van der Waals surface area contributed by atoms with Crippen molar-refractivity contribution in [3.8, 4) is 0 Å². The summed E-state index contributed by atoms with van der Waals surface area (Å²) in [5, 5.41) is 0. The van der Waals surface area contributed by atoms with Gasteiger partial charge in [-0.05, 0) is 32.4 Å². The van der Waals surface area contributed by atoms with Crippen LogP contribution in [0.5, 0.6) is 0 Å². The molecule has 0 spiro atoms. The smallest absolute Gasteiger partial charge is 0.150 e. The fourth-order valence-corrected chi connectivity index (χ4v) is 1.21. The molecule has 1 heterocycles. The van der Waals surface area contributed by atoms with Gasteiger partial charge in [-0.25, -0.2) is 0 Å². The van der Waals surface area contributed by atoms with Gasteiger partial charge in [0.15, 0.2) is 0 Å². The first-order chi connectivity index (χ1) is 6.06. The van der Waals surface area contributed by atoms with Crippen LogP contribution in [-0.2, 0) is 9.57 Å². The third kappa shape index (κ3) is 1.92. The van der Waals surface area contributed by atoms with Crippen LogP contribution in [0, 0.1) is 0 Å². The fraction of sp³-hybridized carbons (Fsp3) is 0.400. The summed E-state index contributed by atoms with van der Waals surface area (Å²) in [5.74, 6) is 6.26. The molecule has 0 saturated heterocycles. The summed E-state index contributed by atoms with van der Waals surface area (Å²) in [4.78, 5) is 4.57. The van der Waals surface area contributed by atoms with E-state index in [-0.39, 0.29) is 6.10 Å². The fourth-order valence-electron chi connectivity index (χ4n) is 1.21.